The third-order valence-corrected chi connectivity index (χ3v) is 4.83. The quantitative estimate of drug-likeness (QED) is 0.821. The molecular formula is C22H28N2O2. The summed E-state index contributed by atoms with van der Waals surface area (Å²) in [5.41, 5.74) is 3.22. The first-order valence-electron chi connectivity index (χ1n) is 9.39. The van der Waals surface area contributed by atoms with Gasteiger partial charge in [0.25, 0.3) is 5.91 Å². The van der Waals surface area contributed by atoms with Crippen LogP contribution in [0.2, 0.25) is 0 Å². The molecule has 138 valence electrons. The van der Waals surface area contributed by atoms with E-state index in [0.29, 0.717) is 5.92 Å². The van der Waals surface area contributed by atoms with Crippen LogP contribution in [0.25, 0.3) is 0 Å². The summed E-state index contributed by atoms with van der Waals surface area (Å²) in [4.78, 5) is 14.5. The fourth-order valence-electron chi connectivity index (χ4n) is 3.23. The molecule has 0 aromatic heterocycles. The van der Waals surface area contributed by atoms with Crippen LogP contribution in [0, 0.1) is 5.92 Å². The first-order valence-corrected chi connectivity index (χ1v) is 9.39. The van der Waals surface area contributed by atoms with Crippen LogP contribution in [0.3, 0.4) is 0 Å². The van der Waals surface area contributed by atoms with E-state index in [2.05, 4.69) is 49.2 Å². The fraction of sp³-hybridized carbons (Fsp3) is 0.409. The number of hydrogen-bond acceptors (Lipinski definition) is 3. The third kappa shape index (κ3) is 4.78. The van der Waals surface area contributed by atoms with Gasteiger partial charge in [-0.15, -0.1) is 0 Å². The summed E-state index contributed by atoms with van der Waals surface area (Å²) < 4.78 is 5.63. The second-order valence-electron chi connectivity index (χ2n) is 7.45. The molecule has 1 amide bonds. The zero-order chi connectivity index (χ0) is 18.5. The molecule has 1 saturated heterocycles. The highest BCUT2D eigenvalue weighted by atomic mass is 16.5. The Labute approximate surface area is 156 Å². The Kier molecular flexibility index (Phi) is 5.82. The molecule has 2 aromatic rings. The van der Waals surface area contributed by atoms with Crippen LogP contribution >= 0.6 is 0 Å². The molecule has 1 unspecified atom stereocenters. The summed E-state index contributed by atoms with van der Waals surface area (Å²) in [6.45, 7) is 8.78. The van der Waals surface area contributed by atoms with E-state index in [0.717, 1.165) is 30.4 Å². The largest absolute Gasteiger partial charge is 0.484 e. The Bertz CT molecular complexity index is 740. The smallest absolute Gasteiger partial charge is 0.262 e. The second-order valence-corrected chi connectivity index (χ2v) is 7.45. The van der Waals surface area contributed by atoms with E-state index in [4.69, 9.17) is 4.74 Å². The van der Waals surface area contributed by atoms with E-state index in [1.165, 1.54) is 17.7 Å². The predicted molar refractivity (Wildman–Crippen MR) is 107 cm³/mol. The second kappa shape index (κ2) is 8.26. The van der Waals surface area contributed by atoms with Crippen LogP contribution in [0.15, 0.2) is 48.5 Å². The summed E-state index contributed by atoms with van der Waals surface area (Å²) in [7, 11) is 0. The van der Waals surface area contributed by atoms with Crippen molar-refractivity contribution in [3.63, 3.8) is 0 Å². The van der Waals surface area contributed by atoms with Crippen molar-refractivity contribution in [3.8, 4) is 5.75 Å². The van der Waals surface area contributed by atoms with Gasteiger partial charge >= 0.3 is 0 Å². The Morgan fingerprint density at radius 2 is 2.00 bits per heavy atom. The maximum absolute atomic E-state index is 12.1. The van der Waals surface area contributed by atoms with Gasteiger partial charge in [0, 0.05) is 24.5 Å². The number of amides is 1. The third-order valence-electron chi connectivity index (χ3n) is 4.83. The molecule has 0 saturated carbocycles. The first-order chi connectivity index (χ1) is 12.5. The standard InChI is InChI=1S/C22H28N2O2/c1-16(2)18-5-4-6-21(13-18)26-15-22(25)23-19-7-9-20(10-8-19)24-12-11-17(3)14-24/h4-10,13,16-17H,11-12,14-15H2,1-3H3,(H,23,25). The van der Waals surface area contributed by atoms with Crippen LogP contribution < -0.4 is 15.0 Å². The topological polar surface area (TPSA) is 41.6 Å². The molecule has 4 nitrogen and oxygen atoms in total. The van der Waals surface area contributed by atoms with Gasteiger partial charge in [0.1, 0.15) is 5.75 Å². The zero-order valence-corrected chi connectivity index (χ0v) is 15.9. The van der Waals surface area contributed by atoms with E-state index in [1.54, 1.807) is 0 Å². The molecule has 1 aliphatic heterocycles. The van der Waals surface area contributed by atoms with Gasteiger partial charge in [-0.2, -0.15) is 0 Å². The highest BCUT2D eigenvalue weighted by Crippen LogP contribution is 2.25. The molecule has 0 radical (unpaired) electrons. The zero-order valence-electron chi connectivity index (χ0n) is 15.9. The maximum atomic E-state index is 12.1. The molecule has 1 heterocycles. The van der Waals surface area contributed by atoms with E-state index >= 15 is 0 Å². The maximum Gasteiger partial charge on any atom is 0.262 e. The van der Waals surface area contributed by atoms with E-state index in [1.807, 2.05) is 30.3 Å². The minimum atomic E-state index is -0.150. The van der Waals surface area contributed by atoms with Crippen molar-refractivity contribution in [2.45, 2.75) is 33.1 Å². The molecule has 4 heteroatoms. The Balaban J connectivity index is 1.51. The Hall–Kier alpha value is -2.49. The van der Waals surface area contributed by atoms with Crippen LogP contribution in [-0.4, -0.2) is 25.6 Å². The molecule has 1 atom stereocenters. The highest BCUT2D eigenvalue weighted by molar-refractivity contribution is 5.92. The number of benzene rings is 2. The number of nitrogens with zero attached hydrogens (tertiary/aromatic N) is 1. The highest BCUT2D eigenvalue weighted by Gasteiger charge is 2.18. The number of hydrogen-bond donors (Lipinski definition) is 1. The number of carbonyl (C=O) groups excluding carboxylic acids is 1. The van der Waals surface area contributed by atoms with Crippen molar-refractivity contribution in [2.75, 3.05) is 29.9 Å². The molecule has 1 fully saturated rings. The lowest BCUT2D eigenvalue weighted by Gasteiger charge is -2.18. The van der Waals surface area contributed by atoms with E-state index in [9.17, 15) is 4.79 Å². The van der Waals surface area contributed by atoms with Gasteiger partial charge in [0.2, 0.25) is 0 Å². The minimum absolute atomic E-state index is 0.00688. The van der Waals surface area contributed by atoms with Crippen LogP contribution in [0.1, 0.15) is 38.7 Å². The molecule has 26 heavy (non-hydrogen) atoms. The Morgan fingerprint density at radius 1 is 1.23 bits per heavy atom. The molecule has 1 aliphatic rings. The van der Waals surface area contributed by atoms with Crippen molar-refractivity contribution >= 4 is 17.3 Å². The van der Waals surface area contributed by atoms with Crippen LogP contribution in [0.4, 0.5) is 11.4 Å². The van der Waals surface area contributed by atoms with E-state index < -0.39 is 0 Å². The molecule has 0 aliphatic carbocycles. The molecule has 1 N–H and O–H groups in total. The van der Waals surface area contributed by atoms with E-state index in [-0.39, 0.29) is 12.5 Å². The number of anilines is 2. The summed E-state index contributed by atoms with van der Waals surface area (Å²) in [5, 5.41) is 2.89. The normalized spacial score (nSPS) is 16.8. The van der Waals surface area contributed by atoms with Gasteiger partial charge in [-0.05, 0) is 60.2 Å². The summed E-state index contributed by atoms with van der Waals surface area (Å²) >= 11 is 0. The number of rotatable bonds is 6. The number of ether oxygens (including phenoxy) is 1. The summed E-state index contributed by atoms with van der Waals surface area (Å²) in [6.07, 6.45) is 1.24. The lowest BCUT2D eigenvalue weighted by molar-refractivity contribution is -0.118. The van der Waals surface area contributed by atoms with Gasteiger partial charge in [-0.25, -0.2) is 0 Å². The van der Waals surface area contributed by atoms with Gasteiger partial charge in [-0.3, -0.25) is 4.79 Å². The average molecular weight is 352 g/mol. The van der Waals surface area contributed by atoms with Crippen LogP contribution in [0.5, 0.6) is 5.75 Å². The first kappa shape index (κ1) is 18.3. The molecular weight excluding hydrogens is 324 g/mol. The van der Waals surface area contributed by atoms with Crippen molar-refractivity contribution in [1.82, 2.24) is 0 Å². The lowest BCUT2D eigenvalue weighted by Crippen LogP contribution is -2.21. The minimum Gasteiger partial charge on any atom is -0.484 e. The molecule has 2 aromatic carbocycles. The monoisotopic (exact) mass is 352 g/mol. The van der Waals surface area contributed by atoms with Gasteiger partial charge in [0.05, 0.1) is 0 Å². The fourth-order valence-corrected chi connectivity index (χ4v) is 3.23. The lowest BCUT2D eigenvalue weighted by atomic mass is 10.0. The van der Waals surface area contributed by atoms with Gasteiger partial charge in [0.15, 0.2) is 6.61 Å². The summed E-state index contributed by atoms with van der Waals surface area (Å²) in [6, 6.07) is 15.9. The Morgan fingerprint density at radius 3 is 2.65 bits per heavy atom. The van der Waals surface area contributed by atoms with Crippen molar-refractivity contribution in [1.29, 1.82) is 0 Å². The SMILES string of the molecule is CC1CCN(c2ccc(NC(=O)COc3cccc(C(C)C)c3)cc2)C1. The molecule has 0 spiro atoms. The molecule has 0 bridgehead atoms. The molecule has 3 rings (SSSR count). The van der Waals surface area contributed by atoms with Crippen molar-refractivity contribution < 1.29 is 9.53 Å². The van der Waals surface area contributed by atoms with Crippen molar-refractivity contribution in [3.05, 3.63) is 54.1 Å². The van der Waals surface area contributed by atoms with Gasteiger partial charge < -0.3 is 15.0 Å². The predicted octanol–water partition coefficient (Wildman–Crippen LogP) is 4.67. The van der Waals surface area contributed by atoms with Crippen molar-refractivity contribution in [2.24, 2.45) is 5.92 Å². The average Bonchev–Trinajstić information content (AvgIpc) is 3.07. The van der Waals surface area contributed by atoms with Crippen LogP contribution in [-0.2, 0) is 4.79 Å². The summed E-state index contributed by atoms with van der Waals surface area (Å²) in [5.74, 6) is 1.76. The number of carbonyl (C=O) groups is 1. The number of nitrogens with one attached hydrogen (secondary N) is 1. The van der Waals surface area contributed by atoms with Gasteiger partial charge in [-0.1, -0.05) is 32.9 Å².